The van der Waals surface area contributed by atoms with Gasteiger partial charge in [0, 0.05) is 11.7 Å². The second-order valence-corrected chi connectivity index (χ2v) is 4.29. The van der Waals surface area contributed by atoms with Crippen LogP contribution in [0.1, 0.15) is 18.9 Å². The molecule has 5 nitrogen and oxygen atoms in total. The summed E-state index contributed by atoms with van der Waals surface area (Å²) in [7, 11) is 0. The molecule has 1 unspecified atom stereocenters. The third kappa shape index (κ3) is 5.28. The van der Waals surface area contributed by atoms with Gasteiger partial charge in [0.2, 0.25) is 0 Å². The highest BCUT2D eigenvalue weighted by atomic mass is 19.4. The molecule has 0 aromatic heterocycles. The highest BCUT2D eigenvalue weighted by Gasteiger charge is 2.34. The minimum atomic E-state index is -4.88. The van der Waals surface area contributed by atoms with E-state index in [4.69, 9.17) is 5.11 Å². The van der Waals surface area contributed by atoms with Crippen molar-refractivity contribution >= 4 is 17.7 Å². The van der Waals surface area contributed by atoms with E-state index in [1.165, 1.54) is 6.92 Å². The molecule has 116 valence electrons. The van der Waals surface area contributed by atoms with Crippen LogP contribution in [0.4, 0.5) is 28.0 Å². The number of urea groups is 1. The van der Waals surface area contributed by atoms with Gasteiger partial charge in [0.05, 0.1) is 12.0 Å². The maximum absolute atomic E-state index is 13.0. The van der Waals surface area contributed by atoms with Crippen molar-refractivity contribution in [2.24, 2.45) is 0 Å². The Hall–Kier alpha value is -2.32. The Morgan fingerprint density at radius 3 is 2.48 bits per heavy atom. The molecule has 0 aliphatic rings. The van der Waals surface area contributed by atoms with E-state index in [-0.39, 0.29) is 12.1 Å². The van der Waals surface area contributed by atoms with Crippen LogP contribution in [0.25, 0.3) is 0 Å². The number of carbonyl (C=O) groups excluding carboxylic acids is 1. The van der Waals surface area contributed by atoms with Crippen LogP contribution < -0.4 is 10.6 Å². The van der Waals surface area contributed by atoms with Crippen LogP contribution in [0.5, 0.6) is 0 Å². The topological polar surface area (TPSA) is 78.4 Å². The minimum Gasteiger partial charge on any atom is -0.481 e. The lowest BCUT2D eigenvalue weighted by Gasteiger charge is -2.14. The highest BCUT2D eigenvalue weighted by Crippen LogP contribution is 2.32. The summed E-state index contributed by atoms with van der Waals surface area (Å²) in [4.78, 5) is 21.9. The maximum Gasteiger partial charge on any atom is 0.419 e. The van der Waals surface area contributed by atoms with E-state index in [0.29, 0.717) is 12.1 Å². The molecule has 1 aromatic rings. The standard InChI is InChI=1S/C12H12F4N2O3/c1-6(4-10(19)20)17-11(21)18-7-2-3-9(13)8(5-7)12(14,15)16/h2-3,5-6H,4H2,1H3,(H,19,20)(H2,17,18,21). The molecule has 1 atom stereocenters. The maximum atomic E-state index is 13.0. The first-order valence-corrected chi connectivity index (χ1v) is 5.75. The molecule has 21 heavy (non-hydrogen) atoms. The van der Waals surface area contributed by atoms with E-state index in [0.717, 1.165) is 6.07 Å². The first kappa shape index (κ1) is 16.7. The summed E-state index contributed by atoms with van der Waals surface area (Å²) in [6.45, 7) is 1.42. The zero-order valence-electron chi connectivity index (χ0n) is 10.8. The number of aliphatic carboxylic acids is 1. The molecule has 0 fully saturated rings. The first-order chi connectivity index (χ1) is 9.59. The third-order valence-electron chi connectivity index (χ3n) is 2.39. The molecule has 0 saturated carbocycles. The van der Waals surface area contributed by atoms with E-state index < -0.39 is 35.6 Å². The fourth-order valence-electron chi connectivity index (χ4n) is 1.52. The molecule has 3 N–H and O–H groups in total. The van der Waals surface area contributed by atoms with E-state index in [9.17, 15) is 27.2 Å². The van der Waals surface area contributed by atoms with Gasteiger partial charge in [-0.25, -0.2) is 9.18 Å². The Balaban J connectivity index is 2.75. The number of carboxylic acid groups (broad SMARTS) is 1. The smallest absolute Gasteiger partial charge is 0.419 e. The molecule has 1 aromatic carbocycles. The molecule has 0 bridgehead atoms. The Morgan fingerprint density at radius 2 is 1.95 bits per heavy atom. The van der Waals surface area contributed by atoms with Gasteiger partial charge in [-0.1, -0.05) is 0 Å². The third-order valence-corrected chi connectivity index (χ3v) is 2.39. The number of carbonyl (C=O) groups is 2. The van der Waals surface area contributed by atoms with Gasteiger partial charge in [-0.15, -0.1) is 0 Å². The second-order valence-electron chi connectivity index (χ2n) is 4.29. The van der Waals surface area contributed by atoms with Crippen molar-refractivity contribution in [3.8, 4) is 0 Å². The van der Waals surface area contributed by atoms with Gasteiger partial charge in [-0.05, 0) is 25.1 Å². The van der Waals surface area contributed by atoms with Crippen molar-refractivity contribution in [3.63, 3.8) is 0 Å². The molecular formula is C12H12F4N2O3. The molecule has 9 heteroatoms. The summed E-state index contributed by atoms with van der Waals surface area (Å²) in [6, 6.07) is 0.399. The lowest BCUT2D eigenvalue weighted by Crippen LogP contribution is -2.37. The van der Waals surface area contributed by atoms with Crippen molar-refractivity contribution < 1.29 is 32.3 Å². The summed E-state index contributed by atoms with van der Waals surface area (Å²) in [5.41, 5.74) is -1.76. The van der Waals surface area contributed by atoms with Crippen molar-refractivity contribution in [2.45, 2.75) is 25.6 Å². The quantitative estimate of drug-likeness (QED) is 0.748. The molecule has 1 rings (SSSR count). The summed E-state index contributed by atoms with van der Waals surface area (Å²) in [5, 5.41) is 12.8. The summed E-state index contributed by atoms with van der Waals surface area (Å²) in [6.07, 6.45) is -5.22. The minimum absolute atomic E-state index is 0.260. The van der Waals surface area contributed by atoms with E-state index >= 15 is 0 Å². The zero-order valence-corrected chi connectivity index (χ0v) is 10.8. The zero-order chi connectivity index (χ0) is 16.2. The Labute approximate surface area is 117 Å². The van der Waals surface area contributed by atoms with E-state index in [1.54, 1.807) is 0 Å². The average molecular weight is 308 g/mol. The van der Waals surface area contributed by atoms with Gasteiger partial charge in [-0.2, -0.15) is 13.2 Å². The SMILES string of the molecule is CC(CC(=O)O)NC(=O)Nc1ccc(F)c(C(F)(F)F)c1. The molecule has 0 radical (unpaired) electrons. The van der Waals surface area contributed by atoms with E-state index in [1.807, 2.05) is 0 Å². The second kappa shape index (κ2) is 6.42. The first-order valence-electron chi connectivity index (χ1n) is 5.75. The molecule has 0 aliphatic heterocycles. The summed E-state index contributed by atoms with van der Waals surface area (Å²) in [5.74, 6) is -2.59. The van der Waals surface area contributed by atoms with Crippen LogP contribution in [0.2, 0.25) is 0 Å². The number of rotatable bonds is 4. The van der Waals surface area contributed by atoms with Crippen LogP contribution in [-0.2, 0) is 11.0 Å². The number of alkyl halides is 3. The number of hydrogen-bond donors (Lipinski definition) is 3. The summed E-state index contributed by atoms with van der Waals surface area (Å²) < 4.78 is 50.5. The lowest BCUT2D eigenvalue weighted by molar-refractivity contribution is -0.140. The van der Waals surface area contributed by atoms with E-state index in [2.05, 4.69) is 10.6 Å². The molecule has 0 aliphatic carbocycles. The van der Waals surface area contributed by atoms with Crippen molar-refractivity contribution in [3.05, 3.63) is 29.6 Å². The van der Waals surface area contributed by atoms with Gasteiger partial charge in [0.1, 0.15) is 5.82 Å². The molecule has 0 saturated heterocycles. The predicted octanol–water partition coefficient (Wildman–Crippen LogP) is 2.83. The van der Waals surface area contributed by atoms with Crippen LogP contribution >= 0.6 is 0 Å². The number of amides is 2. The van der Waals surface area contributed by atoms with Crippen molar-refractivity contribution in [1.82, 2.24) is 5.32 Å². The van der Waals surface area contributed by atoms with Gasteiger partial charge >= 0.3 is 18.2 Å². The monoisotopic (exact) mass is 308 g/mol. The van der Waals surface area contributed by atoms with Gasteiger partial charge in [-0.3, -0.25) is 4.79 Å². The van der Waals surface area contributed by atoms with Gasteiger partial charge in [0.25, 0.3) is 0 Å². The van der Waals surface area contributed by atoms with Crippen LogP contribution in [-0.4, -0.2) is 23.1 Å². The normalized spacial score (nSPS) is 12.6. The predicted molar refractivity (Wildman–Crippen MR) is 65.3 cm³/mol. The molecule has 2 amide bonds. The molecule has 0 spiro atoms. The number of halogens is 4. The molecule has 0 heterocycles. The van der Waals surface area contributed by atoms with Crippen molar-refractivity contribution in [1.29, 1.82) is 0 Å². The van der Waals surface area contributed by atoms with Gasteiger partial charge in [0.15, 0.2) is 0 Å². The Bertz CT molecular complexity index is 546. The Morgan fingerprint density at radius 1 is 1.33 bits per heavy atom. The lowest BCUT2D eigenvalue weighted by atomic mass is 10.2. The van der Waals surface area contributed by atoms with Crippen molar-refractivity contribution in [2.75, 3.05) is 5.32 Å². The summed E-state index contributed by atoms with van der Waals surface area (Å²) >= 11 is 0. The fraction of sp³-hybridized carbons (Fsp3) is 0.333. The number of carboxylic acids is 1. The highest BCUT2D eigenvalue weighted by molar-refractivity contribution is 5.89. The fourth-order valence-corrected chi connectivity index (χ4v) is 1.52. The Kier molecular flexibility index (Phi) is 5.12. The largest absolute Gasteiger partial charge is 0.481 e. The van der Waals surface area contributed by atoms with Crippen LogP contribution in [0, 0.1) is 5.82 Å². The van der Waals surface area contributed by atoms with Gasteiger partial charge < -0.3 is 15.7 Å². The number of anilines is 1. The van der Waals surface area contributed by atoms with Crippen LogP contribution in [0.15, 0.2) is 18.2 Å². The molecular weight excluding hydrogens is 296 g/mol. The average Bonchev–Trinajstić information content (AvgIpc) is 2.28. The van der Waals surface area contributed by atoms with Crippen LogP contribution in [0.3, 0.4) is 0 Å². The number of hydrogen-bond acceptors (Lipinski definition) is 2. The number of nitrogens with one attached hydrogen (secondary N) is 2. The number of benzene rings is 1.